The van der Waals surface area contributed by atoms with Crippen LogP contribution in [0.25, 0.3) is 0 Å². The van der Waals surface area contributed by atoms with Crippen LogP contribution in [0.5, 0.6) is 11.5 Å². The highest BCUT2D eigenvalue weighted by atomic mass is 19.1. The molecule has 1 aromatic heterocycles. The zero-order valence-electron chi connectivity index (χ0n) is 11.8. The van der Waals surface area contributed by atoms with Crippen LogP contribution in [0.1, 0.15) is 24.6 Å². The second-order valence-corrected chi connectivity index (χ2v) is 4.67. The van der Waals surface area contributed by atoms with Crippen LogP contribution in [0.4, 0.5) is 4.39 Å². The molecule has 0 unspecified atom stereocenters. The summed E-state index contributed by atoms with van der Waals surface area (Å²) in [7, 11) is 0. The smallest absolute Gasteiger partial charge is 0.130 e. The first-order chi connectivity index (χ1) is 9.69. The van der Waals surface area contributed by atoms with E-state index in [2.05, 4.69) is 17.2 Å². The van der Waals surface area contributed by atoms with E-state index < -0.39 is 0 Å². The number of rotatable bonds is 6. The Kier molecular flexibility index (Phi) is 5.07. The molecule has 20 heavy (non-hydrogen) atoms. The minimum atomic E-state index is -0.225. The molecule has 0 spiro atoms. The lowest BCUT2D eigenvalue weighted by Gasteiger charge is -2.08. The molecule has 0 bridgehead atoms. The second-order valence-electron chi connectivity index (χ2n) is 4.67. The summed E-state index contributed by atoms with van der Waals surface area (Å²) < 4.78 is 18.9. The maximum atomic E-state index is 13.2. The third kappa shape index (κ3) is 4.03. The highest BCUT2D eigenvalue weighted by molar-refractivity contribution is 5.34. The zero-order chi connectivity index (χ0) is 14.4. The Bertz CT molecular complexity index is 572. The van der Waals surface area contributed by atoms with Crippen molar-refractivity contribution in [2.75, 3.05) is 6.54 Å². The van der Waals surface area contributed by atoms with Gasteiger partial charge in [-0.05, 0) is 49.7 Å². The van der Waals surface area contributed by atoms with E-state index in [-0.39, 0.29) is 5.82 Å². The predicted molar refractivity (Wildman–Crippen MR) is 77.4 cm³/mol. The van der Waals surface area contributed by atoms with Gasteiger partial charge in [0.25, 0.3) is 0 Å². The van der Waals surface area contributed by atoms with E-state index in [0.29, 0.717) is 23.6 Å². The van der Waals surface area contributed by atoms with Crippen LogP contribution in [-0.2, 0) is 6.54 Å². The Balaban J connectivity index is 2.05. The largest absolute Gasteiger partial charge is 0.457 e. The van der Waals surface area contributed by atoms with E-state index in [1.807, 2.05) is 6.07 Å². The number of pyridine rings is 1. The van der Waals surface area contributed by atoms with Gasteiger partial charge in [0.15, 0.2) is 0 Å². The Morgan fingerprint density at radius 2 is 2.00 bits per heavy atom. The molecule has 0 aliphatic carbocycles. The quantitative estimate of drug-likeness (QED) is 0.813. The first-order valence-electron chi connectivity index (χ1n) is 6.78. The SMILES string of the molecule is CCCNCc1cc(Oc2ccc(F)c(C)c2)ccn1. The number of halogens is 1. The molecule has 1 heterocycles. The number of benzene rings is 1. The molecule has 0 aliphatic heterocycles. The van der Waals surface area contributed by atoms with E-state index >= 15 is 0 Å². The van der Waals surface area contributed by atoms with Crippen LogP contribution in [0.2, 0.25) is 0 Å². The van der Waals surface area contributed by atoms with Gasteiger partial charge in [0, 0.05) is 18.8 Å². The van der Waals surface area contributed by atoms with Crippen molar-refractivity contribution in [3.63, 3.8) is 0 Å². The van der Waals surface area contributed by atoms with Gasteiger partial charge in [-0.1, -0.05) is 6.92 Å². The van der Waals surface area contributed by atoms with Crippen molar-refractivity contribution in [1.29, 1.82) is 0 Å². The van der Waals surface area contributed by atoms with Gasteiger partial charge in [-0.2, -0.15) is 0 Å². The van der Waals surface area contributed by atoms with Gasteiger partial charge in [0.2, 0.25) is 0 Å². The van der Waals surface area contributed by atoms with Gasteiger partial charge in [-0.3, -0.25) is 4.98 Å². The van der Waals surface area contributed by atoms with Crippen molar-refractivity contribution < 1.29 is 9.13 Å². The van der Waals surface area contributed by atoms with Crippen LogP contribution in [0.15, 0.2) is 36.5 Å². The van der Waals surface area contributed by atoms with E-state index in [9.17, 15) is 4.39 Å². The second kappa shape index (κ2) is 7.01. The number of nitrogens with one attached hydrogen (secondary N) is 1. The van der Waals surface area contributed by atoms with Crippen LogP contribution in [0, 0.1) is 12.7 Å². The van der Waals surface area contributed by atoms with Gasteiger partial charge in [-0.25, -0.2) is 4.39 Å². The van der Waals surface area contributed by atoms with Crippen molar-refractivity contribution in [3.8, 4) is 11.5 Å². The molecule has 1 aromatic carbocycles. The minimum Gasteiger partial charge on any atom is -0.457 e. The summed E-state index contributed by atoms with van der Waals surface area (Å²) in [5.74, 6) is 1.11. The number of aromatic nitrogens is 1. The fourth-order valence-electron chi connectivity index (χ4n) is 1.83. The number of ether oxygens (including phenoxy) is 1. The third-order valence-electron chi connectivity index (χ3n) is 2.89. The van der Waals surface area contributed by atoms with Gasteiger partial charge in [-0.15, -0.1) is 0 Å². The molecule has 106 valence electrons. The van der Waals surface area contributed by atoms with Gasteiger partial charge in [0.05, 0.1) is 5.69 Å². The number of hydrogen-bond donors (Lipinski definition) is 1. The molecule has 0 amide bonds. The Labute approximate surface area is 118 Å². The molecule has 2 rings (SSSR count). The van der Waals surface area contributed by atoms with E-state index in [1.54, 1.807) is 31.3 Å². The maximum Gasteiger partial charge on any atom is 0.130 e. The summed E-state index contributed by atoms with van der Waals surface area (Å²) >= 11 is 0. The lowest BCUT2D eigenvalue weighted by atomic mass is 10.2. The Morgan fingerprint density at radius 3 is 2.75 bits per heavy atom. The molecule has 0 radical (unpaired) electrons. The van der Waals surface area contributed by atoms with Crippen LogP contribution in [0.3, 0.4) is 0 Å². The average Bonchev–Trinajstić information content (AvgIpc) is 2.44. The van der Waals surface area contributed by atoms with Crippen molar-refractivity contribution in [1.82, 2.24) is 10.3 Å². The zero-order valence-corrected chi connectivity index (χ0v) is 11.8. The summed E-state index contributed by atoms with van der Waals surface area (Å²) in [6.07, 6.45) is 2.81. The van der Waals surface area contributed by atoms with Crippen LogP contribution < -0.4 is 10.1 Å². The van der Waals surface area contributed by atoms with Gasteiger partial charge < -0.3 is 10.1 Å². The van der Waals surface area contributed by atoms with Crippen LogP contribution in [-0.4, -0.2) is 11.5 Å². The van der Waals surface area contributed by atoms with Gasteiger partial charge in [0.1, 0.15) is 17.3 Å². The summed E-state index contributed by atoms with van der Waals surface area (Å²) in [5.41, 5.74) is 1.50. The molecule has 0 saturated heterocycles. The summed E-state index contributed by atoms with van der Waals surface area (Å²) in [6, 6.07) is 8.40. The summed E-state index contributed by atoms with van der Waals surface area (Å²) in [6.45, 7) is 5.52. The molecule has 3 nitrogen and oxygen atoms in total. The molecular weight excluding hydrogens is 255 g/mol. The van der Waals surface area contributed by atoms with Gasteiger partial charge >= 0.3 is 0 Å². The van der Waals surface area contributed by atoms with Crippen molar-refractivity contribution in [2.24, 2.45) is 0 Å². The van der Waals surface area contributed by atoms with Crippen molar-refractivity contribution in [3.05, 3.63) is 53.6 Å². The average molecular weight is 274 g/mol. The van der Waals surface area contributed by atoms with E-state index in [4.69, 9.17) is 4.74 Å². The van der Waals surface area contributed by atoms with E-state index in [1.165, 1.54) is 6.07 Å². The highest BCUT2D eigenvalue weighted by Gasteiger charge is 2.03. The maximum absolute atomic E-state index is 13.2. The predicted octanol–water partition coefficient (Wildman–Crippen LogP) is 3.82. The van der Waals surface area contributed by atoms with Crippen molar-refractivity contribution in [2.45, 2.75) is 26.8 Å². The molecule has 4 heteroatoms. The first kappa shape index (κ1) is 14.5. The molecule has 1 N–H and O–H groups in total. The number of aryl methyl sites for hydroxylation is 1. The Morgan fingerprint density at radius 1 is 1.20 bits per heavy atom. The third-order valence-corrected chi connectivity index (χ3v) is 2.89. The monoisotopic (exact) mass is 274 g/mol. The Hall–Kier alpha value is -1.94. The van der Waals surface area contributed by atoms with Crippen LogP contribution >= 0.6 is 0 Å². The van der Waals surface area contributed by atoms with E-state index in [0.717, 1.165) is 18.7 Å². The minimum absolute atomic E-state index is 0.225. The fourth-order valence-corrected chi connectivity index (χ4v) is 1.83. The summed E-state index contributed by atoms with van der Waals surface area (Å²) in [4.78, 5) is 4.28. The fraction of sp³-hybridized carbons (Fsp3) is 0.312. The molecule has 0 saturated carbocycles. The molecule has 0 fully saturated rings. The summed E-state index contributed by atoms with van der Waals surface area (Å²) in [5, 5.41) is 3.29. The number of hydrogen-bond acceptors (Lipinski definition) is 3. The lowest BCUT2D eigenvalue weighted by molar-refractivity contribution is 0.477. The number of nitrogens with zero attached hydrogens (tertiary/aromatic N) is 1. The standard InChI is InChI=1S/C16H19FN2O/c1-3-7-18-11-13-10-15(6-8-19-13)20-14-4-5-16(17)12(2)9-14/h4-6,8-10,18H,3,7,11H2,1-2H3. The van der Waals surface area contributed by atoms with Crippen molar-refractivity contribution >= 4 is 0 Å². The normalized spacial score (nSPS) is 10.6. The lowest BCUT2D eigenvalue weighted by Crippen LogP contribution is -2.14. The molecule has 2 aromatic rings. The topological polar surface area (TPSA) is 34.1 Å². The molecule has 0 atom stereocenters. The highest BCUT2D eigenvalue weighted by Crippen LogP contribution is 2.23. The molecular formula is C16H19FN2O. The molecule has 0 aliphatic rings. The first-order valence-corrected chi connectivity index (χ1v) is 6.78.